The van der Waals surface area contributed by atoms with E-state index >= 15 is 0 Å². The van der Waals surface area contributed by atoms with Crippen LogP contribution in [0.2, 0.25) is 0 Å². The van der Waals surface area contributed by atoms with Gasteiger partial charge < -0.3 is 19.3 Å². The Balaban J connectivity index is 1.42. The van der Waals surface area contributed by atoms with Crippen LogP contribution in [0.25, 0.3) is 6.08 Å². The largest absolute Gasteiger partial charge is 0.489 e. The summed E-state index contributed by atoms with van der Waals surface area (Å²) in [5.74, 6) is -2.21. The Morgan fingerprint density at radius 2 is 1.85 bits per heavy atom. The topological polar surface area (TPSA) is 68.2 Å². The van der Waals surface area contributed by atoms with Crippen molar-refractivity contribution in [3.05, 3.63) is 58.4 Å². The highest BCUT2D eigenvalue weighted by Crippen LogP contribution is 2.38. The Hall–Kier alpha value is -3.41. The van der Waals surface area contributed by atoms with Crippen LogP contribution in [0.5, 0.6) is 17.2 Å². The van der Waals surface area contributed by atoms with Gasteiger partial charge in [-0.25, -0.2) is 13.2 Å². The maximum Gasteiger partial charge on any atom is 0.419 e. The normalized spacial score (nSPS) is 16.4. The van der Waals surface area contributed by atoms with Crippen LogP contribution >= 0.6 is 0 Å². The monoisotopic (exact) mass is 559 g/mol. The van der Waals surface area contributed by atoms with Gasteiger partial charge in [0.1, 0.15) is 49.6 Å². The Morgan fingerprint density at radius 3 is 2.49 bits per heavy atom. The quantitative estimate of drug-likeness (QED) is 0.378. The molecule has 212 valence electrons. The van der Waals surface area contributed by atoms with Crippen molar-refractivity contribution < 1.29 is 50.5 Å². The molecule has 0 spiro atoms. The van der Waals surface area contributed by atoms with E-state index < -0.39 is 48.7 Å². The number of aliphatic carboxylic acids is 1. The Labute approximate surface area is 220 Å². The fourth-order valence-corrected chi connectivity index (χ4v) is 4.49. The molecule has 0 atom stereocenters. The maximum atomic E-state index is 14.9. The zero-order chi connectivity index (χ0) is 28.2. The number of likely N-dealkylation sites (tertiary alicyclic amines) is 1. The number of halogens is 6. The molecule has 6 nitrogen and oxygen atoms in total. The zero-order valence-corrected chi connectivity index (χ0v) is 20.8. The molecule has 2 aliphatic heterocycles. The number of hydrogen-bond donors (Lipinski definition) is 1. The zero-order valence-electron chi connectivity index (χ0n) is 20.8. The van der Waals surface area contributed by atoms with Gasteiger partial charge in [-0.1, -0.05) is 6.07 Å². The van der Waals surface area contributed by atoms with Crippen molar-refractivity contribution >= 4 is 12.0 Å². The lowest BCUT2D eigenvalue weighted by Crippen LogP contribution is -2.38. The number of alkyl halides is 5. The lowest BCUT2D eigenvalue weighted by molar-refractivity contribution is -0.143. The van der Waals surface area contributed by atoms with Crippen molar-refractivity contribution in [1.82, 2.24) is 4.90 Å². The van der Waals surface area contributed by atoms with E-state index in [0.717, 1.165) is 23.8 Å². The molecule has 0 unspecified atom stereocenters. The average Bonchev–Trinajstić information content (AvgIpc) is 2.91. The van der Waals surface area contributed by atoms with E-state index in [-0.39, 0.29) is 41.8 Å². The van der Waals surface area contributed by atoms with E-state index in [0.29, 0.717) is 32.5 Å². The van der Waals surface area contributed by atoms with Crippen molar-refractivity contribution in [3.8, 4) is 17.2 Å². The van der Waals surface area contributed by atoms with Crippen molar-refractivity contribution in [3.63, 3.8) is 0 Å². The third kappa shape index (κ3) is 7.17. The van der Waals surface area contributed by atoms with Crippen LogP contribution in [0.1, 0.15) is 29.5 Å². The van der Waals surface area contributed by atoms with Crippen LogP contribution < -0.4 is 14.2 Å². The number of nitrogens with zero attached hydrogens (tertiary/aromatic N) is 1. The molecule has 39 heavy (non-hydrogen) atoms. The van der Waals surface area contributed by atoms with Gasteiger partial charge in [-0.3, -0.25) is 9.69 Å². The average molecular weight is 560 g/mol. The molecule has 2 aliphatic rings. The van der Waals surface area contributed by atoms with Gasteiger partial charge in [-0.05, 0) is 55.3 Å². The summed E-state index contributed by atoms with van der Waals surface area (Å²) in [5.41, 5.74) is -0.0753. The van der Waals surface area contributed by atoms with Gasteiger partial charge in [0, 0.05) is 18.7 Å². The molecule has 1 fully saturated rings. The highest BCUT2D eigenvalue weighted by Gasteiger charge is 2.35. The van der Waals surface area contributed by atoms with Crippen LogP contribution in [0.4, 0.5) is 26.3 Å². The van der Waals surface area contributed by atoms with Gasteiger partial charge in [0.15, 0.2) is 6.10 Å². The second-order valence-corrected chi connectivity index (χ2v) is 9.46. The van der Waals surface area contributed by atoms with Crippen LogP contribution in [0, 0.1) is 11.7 Å². The van der Waals surface area contributed by atoms with Crippen molar-refractivity contribution in [1.29, 1.82) is 0 Å². The molecule has 0 saturated carbocycles. The molecule has 0 aromatic heterocycles. The number of rotatable bonds is 10. The summed E-state index contributed by atoms with van der Waals surface area (Å²) in [5, 5.41) is 9.14. The number of carbonyl (C=O) groups is 1. The first-order valence-electron chi connectivity index (χ1n) is 12.3. The smallest absolute Gasteiger partial charge is 0.419 e. The molecule has 12 heteroatoms. The van der Waals surface area contributed by atoms with Crippen LogP contribution in [0.15, 0.2) is 35.9 Å². The van der Waals surface area contributed by atoms with E-state index in [1.807, 2.05) is 0 Å². The highest BCUT2D eigenvalue weighted by atomic mass is 19.4. The van der Waals surface area contributed by atoms with Crippen LogP contribution in [-0.4, -0.2) is 61.7 Å². The number of carboxylic acid groups (broad SMARTS) is 1. The van der Waals surface area contributed by atoms with E-state index in [4.69, 9.17) is 19.3 Å². The molecular weight excluding hydrogens is 532 g/mol. The van der Waals surface area contributed by atoms with Crippen molar-refractivity contribution in [2.45, 2.75) is 31.7 Å². The predicted molar refractivity (Wildman–Crippen MR) is 129 cm³/mol. The SMILES string of the molecule is O=C(O)C1CCN(CC2=Cc3c(F)cc(OCc4ccc(OC(CF)CF)c(C(F)(F)F)c4)cc3OC2)CC1. The fraction of sp³-hybridized carbons (Fsp3) is 0.444. The van der Waals surface area contributed by atoms with Gasteiger partial charge in [-0.15, -0.1) is 0 Å². The summed E-state index contributed by atoms with van der Waals surface area (Å²) in [6.07, 6.45) is -3.72. The van der Waals surface area contributed by atoms with Gasteiger partial charge in [0.05, 0.1) is 17.0 Å². The third-order valence-corrected chi connectivity index (χ3v) is 6.58. The molecule has 2 heterocycles. The number of hydrogen-bond acceptors (Lipinski definition) is 5. The number of carboxylic acids is 1. The summed E-state index contributed by atoms with van der Waals surface area (Å²) in [7, 11) is 0. The third-order valence-electron chi connectivity index (χ3n) is 6.58. The molecule has 4 rings (SSSR count). The maximum absolute atomic E-state index is 14.9. The molecule has 2 aromatic rings. The second-order valence-electron chi connectivity index (χ2n) is 9.46. The summed E-state index contributed by atoms with van der Waals surface area (Å²) in [6.45, 7) is -0.964. The van der Waals surface area contributed by atoms with Gasteiger partial charge >= 0.3 is 12.1 Å². The molecular formula is C27H27F6NO5. The first-order chi connectivity index (χ1) is 18.6. The van der Waals surface area contributed by atoms with E-state index in [1.54, 1.807) is 6.08 Å². The summed E-state index contributed by atoms with van der Waals surface area (Å²) >= 11 is 0. The summed E-state index contributed by atoms with van der Waals surface area (Å²) < 4.78 is 97.0. The number of benzene rings is 2. The van der Waals surface area contributed by atoms with Gasteiger partial charge in [0.2, 0.25) is 0 Å². The van der Waals surface area contributed by atoms with E-state index in [9.17, 15) is 31.1 Å². The molecule has 0 amide bonds. The number of fused-ring (bicyclic) bond motifs is 1. The van der Waals surface area contributed by atoms with Crippen molar-refractivity contribution in [2.75, 3.05) is 39.6 Å². The molecule has 1 saturated heterocycles. The minimum atomic E-state index is -4.84. The minimum absolute atomic E-state index is 0.0441. The Bertz CT molecular complexity index is 1210. The molecule has 2 aromatic carbocycles. The lowest BCUT2D eigenvalue weighted by Gasteiger charge is -2.31. The summed E-state index contributed by atoms with van der Waals surface area (Å²) in [6, 6.07) is 5.53. The first kappa shape index (κ1) is 28.6. The standard InChI is InChI=1S/C27H27F6NO5/c28-11-20(12-29)39-24-2-1-16(8-22(24)27(31,32)33)14-37-19-9-23(30)21-7-17(15-38-25(21)10-19)13-34-5-3-18(4-6-34)26(35)36/h1-2,7-10,18,20H,3-6,11-15H2,(H,35,36). The van der Waals surface area contributed by atoms with Gasteiger partial charge in [-0.2, -0.15) is 13.2 Å². The number of piperidine rings is 1. The second kappa shape index (κ2) is 12.2. The Kier molecular flexibility index (Phi) is 8.94. The van der Waals surface area contributed by atoms with E-state index in [1.165, 1.54) is 12.1 Å². The summed E-state index contributed by atoms with van der Waals surface area (Å²) in [4.78, 5) is 13.2. The lowest BCUT2D eigenvalue weighted by atomic mass is 9.96. The molecule has 0 bridgehead atoms. The van der Waals surface area contributed by atoms with E-state index in [2.05, 4.69) is 4.90 Å². The van der Waals surface area contributed by atoms with Crippen molar-refractivity contribution in [2.24, 2.45) is 5.92 Å². The van der Waals surface area contributed by atoms with Crippen LogP contribution in [0.3, 0.4) is 0 Å². The minimum Gasteiger partial charge on any atom is -0.489 e. The highest BCUT2D eigenvalue weighted by molar-refractivity contribution is 5.70. The number of ether oxygens (including phenoxy) is 3. The predicted octanol–water partition coefficient (Wildman–Crippen LogP) is 5.68. The first-order valence-corrected chi connectivity index (χ1v) is 12.3. The Morgan fingerprint density at radius 1 is 1.13 bits per heavy atom. The molecule has 0 radical (unpaired) electrons. The molecule has 0 aliphatic carbocycles. The van der Waals surface area contributed by atoms with Crippen LogP contribution in [-0.2, 0) is 17.6 Å². The molecule has 1 N–H and O–H groups in total. The van der Waals surface area contributed by atoms with Gasteiger partial charge in [0.25, 0.3) is 0 Å². The fourth-order valence-electron chi connectivity index (χ4n) is 4.49.